The van der Waals surface area contributed by atoms with Gasteiger partial charge < -0.3 is 5.32 Å². The highest BCUT2D eigenvalue weighted by Crippen LogP contribution is 2.36. The first kappa shape index (κ1) is 15.6. The highest BCUT2D eigenvalue weighted by Gasteiger charge is 2.22. The van der Waals surface area contributed by atoms with Crippen LogP contribution in [0, 0.1) is 24.4 Å². The average Bonchev–Trinajstić information content (AvgIpc) is 2.41. The zero-order chi connectivity index (χ0) is 15.7. The molecule has 0 unspecified atom stereocenters. The summed E-state index contributed by atoms with van der Waals surface area (Å²) in [6.45, 7) is 8.21. The van der Waals surface area contributed by atoms with Crippen molar-refractivity contribution in [1.29, 1.82) is 0 Å². The Kier molecular flexibility index (Phi) is 4.40. The summed E-state index contributed by atoms with van der Waals surface area (Å²) in [5.74, 6) is -3.03. The van der Waals surface area contributed by atoms with E-state index in [4.69, 9.17) is 0 Å². The maximum atomic E-state index is 14.2. The maximum Gasteiger partial charge on any atom is 0.170 e. The summed E-state index contributed by atoms with van der Waals surface area (Å²) in [6, 6.07) is 0.544. The molecule has 0 saturated heterocycles. The Morgan fingerprint density at radius 3 is 2.43 bits per heavy atom. The van der Waals surface area contributed by atoms with Crippen molar-refractivity contribution in [3.05, 3.63) is 34.8 Å². The number of nitrogens with one attached hydrogen (secondary N) is 1. The number of anilines is 1. The normalized spacial score (nSPS) is 11.4. The smallest absolute Gasteiger partial charge is 0.170 e. The third-order valence-electron chi connectivity index (χ3n) is 3.46. The van der Waals surface area contributed by atoms with E-state index in [0.717, 1.165) is 12.0 Å². The fourth-order valence-electron chi connectivity index (χ4n) is 2.61. The van der Waals surface area contributed by atoms with Gasteiger partial charge in [0, 0.05) is 18.3 Å². The SMILES string of the molecule is CCCNc1c(C(C)C)c(C)nc2c(F)cc(F)c(F)c12. The number of fused-ring (bicyclic) bond motifs is 1. The Morgan fingerprint density at radius 2 is 1.86 bits per heavy atom. The fourth-order valence-corrected chi connectivity index (χ4v) is 2.61. The Hall–Kier alpha value is -1.78. The summed E-state index contributed by atoms with van der Waals surface area (Å²) in [4.78, 5) is 4.15. The maximum absolute atomic E-state index is 14.2. The molecule has 1 N–H and O–H groups in total. The number of nitrogens with zero attached hydrogens (tertiary/aromatic N) is 1. The van der Waals surface area contributed by atoms with Gasteiger partial charge in [-0.25, -0.2) is 18.2 Å². The number of pyridine rings is 1. The summed E-state index contributed by atoms with van der Waals surface area (Å²) in [5.41, 5.74) is 1.74. The minimum absolute atomic E-state index is 0.0620. The molecule has 0 aliphatic carbocycles. The van der Waals surface area contributed by atoms with E-state index in [1.54, 1.807) is 6.92 Å². The Balaban J connectivity index is 2.91. The van der Waals surface area contributed by atoms with Crippen LogP contribution in [0.1, 0.15) is 44.4 Å². The number of hydrogen-bond acceptors (Lipinski definition) is 2. The van der Waals surface area contributed by atoms with Gasteiger partial charge in [0.15, 0.2) is 17.5 Å². The zero-order valence-electron chi connectivity index (χ0n) is 12.7. The zero-order valence-corrected chi connectivity index (χ0v) is 12.7. The van der Waals surface area contributed by atoms with Crippen LogP contribution in [-0.2, 0) is 0 Å². The van der Waals surface area contributed by atoms with Gasteiger partial charge in [0.2, 0.25) is 0 Å². The van der Waals surface area contributed by atoms with Crippen LogP contribution in [0.15, 0.2) is 6.07 Å². The minimum atomic E-state index is -1.19. The van der Waals surface area contributed by atoms with Gasteiger partial charge in [-0.3, -0.25) is 0 Å². The fraction of sp³-hybridized carbons (Fsp3) is 0.438. The molecule has 2 rings (SSSR count). The molecule has 0 radical (unpaired) electrons. The second-order valence-corrected chi connectivity index (χ2v) is 5.45. The van der Waals surface area contributed by atoms with Gasteiger partial charge in [0.05, 0.1) is 11.1 Å². The molecule has 1 aromatic carbocycles. The van der Waals surface area contributed by atoms with Crippen molar-refractivity contribution < 1.29 is 13.2 Å². The van der Waals surface area contributed by atoms with Crippen molar-refractivity contribution in [2.45, 2.75) is 40.0 Å². The standard InChI is InChI=1S/C16H19F3N2/c1-5-6-20-16-12(8(2)3)9(4)21-15-11(18)7-10(17)14(19)13(15)16/h7-8H,5-6H2,1-4H3,(H,20,21). The molecule has 2 nitrogen and oxygen atoms in total. The number of aromatic nitrogens is 1. The molecule has 0 atom stereocenters. The van der Waals surface area contributed by atoms with Crippen LogP contribution in [0.4, 0.5) is 18.9 Å². The molecule has 1 aromatic heterocycles. The van der Waals surface area contributed by atoms with Crippen molar-refractivity contribution in [2.24, 2.45) is 0 Å². The molecule has 2 aromatic rings. The molecule has 5 heteroatoms. The largest absolute Gasteiger partial charge is 0.384 e. The van der Waals surface area contributed by atoms with Gasteiger partial charge in [-0.15, -0.1) is 0 Å². The van der Waals surface area contributed by atoms with Crippen LogP contribution in [0.5, 0.6) is 0 Å². The molecule has 0 saturated carbocycles. The van der Waals surface area contributed by atoms with Crippen molar-refractivity contribution >= 4 is 16.6 Å². The molecule has 0 bridgehead atoms. The third-order valence-corrected chi connectivity index (χ3v) is 3.46. The summed E-state index contributed by atoms with van der Waals surface area (Å²) in [6.07, 6.45) is 0.819. The van der Waals surface area contributed by atoms with Crippen LogP contribution < -0.4 is 5.32 Å². The van der Waals surface area contributed by atoms with E-state index in [1.165, 1.54) is 0 Å². The van der Waals surface area contributed by atoms with Crippen molar-refractivity contribution in [1.82, 2.24) is 4.98 Å². The molecule has 0 aliphatic rings. The van der Waals surface area contributed by atoms with E-state index in [9.17, 15) is 13.2 Å². The van der Waals surface area contributed by atoms with Crippen LogP contribution in [0.25, 0.3) is 10.9 Å². The Morgan fingerprint density at radius 1 is 1.19 bits per heavy atom. The predicted molar refractivity (Wildman–Crippen MR) is 79.2 cm³/mol. The van der Waals surface area contributed by atoms with Crippen LogP contribution in [-0.4, -0.2) is 11.5 Å². The molecular formula is C16H19F3N2. The number of hydrogen-bond donors (Lipinski definition) is 1. The number of aryl methyl sites for hydroxylation is 1. The second-order valence-electron chi connectivity index (χ2n) is 5.45. The lowest BCUT2D eigenvalue weighted by atomic mass is 9.96. The average molecular weight is 296 g/mol. The topological polar surface area (TPSA) is 24.9 Å². The van der Waals surface area contributed by atoms with E-state index >= 15 is 0 Å². The van der Waals surface area contributed by atoms with E-state index in [0.29, 0.717) is 24.0 Å². The number of benzene rings is 1. The molecule has 0 spiro atoms. The summed E-state index contributed by atoms with van der Waals surface area (Å²) >= 11 is 0. The molecule has 21 heavy (non-hydrogen) atoms. The summed E-state index contributed by atoms with van der Waals surface area (Å²) in [7, 11) is 0. The van der Waals surface area contributed by atoms with E-state index in [1.807, 2.05) is 20.8 Å². The van der Waals surface area contributed by atoms with Crippen LogP contribution >= 0.6 is 0 Å². The van der Waals surface area contributed by atoms with Crippen molar-refractivity contribution in [2.75, 3.05) is 11.9 Å². The molecule has 1 heterocycles. The number of rotatable bonds is 4. The lowest BCUT2D eigenvalue weighted by Crippen LogP contribution is -2.10. The number of halogens is 3. The van der Waals surface area contributed by atoms with Crippen LogP contribution in [0.3, 0.4) is 0 Å². The van der Waals surface area contributed by atoms with Gasteiger partial charge >= 0.3 is 0 Å². The molecule has 0 fully saturated rings. The van der Waals surface area contributed by atoms with Crippen molar-refractivity contribution in [3.63, 3.8) is 0 Å². The lowest BCUT2D eigenvalue weighted by molar-refractivity contribution is 0.505. The first-order valence-electron chi connectivity index (χ1n) is 7.10. The third kappa shape index (κ3) is 2.69. The van der Waals surface area contributed by atoms with Gasteiger partial charge in [0.25, 0.3) is 0 Å². The Labute approximate surface area is 122 Å². The molecular weight excluding hydrogens is 277 g/mol. The van der Waals surface area contributed by atoms with Gasteiger partial charge in [-0.05, 0) is 24.8 Å². The lowest BCUT2D eigenvalue weighted by Gasteiger charge is -2.20. The van der Waals surface area contributed by atoms with Gasteiger partial charge in [-0.1, -0.05) is 20.8 Å². The first-order chi connectivity index (χ1) is 9.88. The van der Waals surface area contributed by atoms with Gasteiger partial charge in [0.1, 0.15) is 5.52 Å². The molecule has 0 amide bonds. The first-order valence-corrected chi connectivity index (χ1v) is 7.10. The predicted octanol–water partition coefficient (Wildman–Crippen LogP) is 4.91. The minimum Gasteiger partial charge on any atom is -0.384 e. The molecule has 114 valence electrons. The van der Waals surface area contributed by atoms with Gasteiger partial charge in [-0.2, -0.15) is 0 Å². The highest BCUT2D eigenvalue weighted by atomic mass is 19.2. The summed E-state index contributed by atoms with van der Waals surface area (Å²) < 4.78 is 41.7. The van der Waals surface area contributed by atoms with Crippen molar-refractivity contribution in [3.8, 4) is 0 Å². The van der Waals surface area contributed by atoms with E-state index < -0.39 is 17.5 Å². The second kappa shape index (κ2) is 5.92. The summed E-state index contributed by atoms with van der Waals surface area (Å²) in [5, 5.41) is 3.01. The molecule has 0 aliphatic heterocycles. The van der Waals surface area contributed by atoms with E-state index in [2.05, 4.69) is 10.3 Å². The van der Waals surface area contributed by atoms with E-state index in [-0.39, 0.29) is 16.8 Å². The van der Waals surface area contributed by atoms with Crippen LogP contribution in [0.2, 0.25) is 0 Å². The monoisotopic (exact) mass is 296 g/mol. The highest BCUT2D eigenvalue weighted by molar-refractivity contribution is 5.94. The quantitative estimate of drug-likeness (QED) is 0.811. The Bertz CT molecular complexity index is 681.